The number of hydrogen-bond acceptors (Lipinski definition) is 3. The Hall–Kier alpha value is -2.82. The van der Waals surface area contributed by atoms with E-state index in [-0.39, 0.29) is 11.8 Å². The van der Waals surface area contributed by atoms with Crippen LogP contribution in [-0.2, 0) is 0 Å². The van der Waals surface area contributed by atoms with Gasteiger partial charge in [-0.15, -0.1) is 0 Å². The molecule has 2 aromatic carbocycles. The van der Waals surface area contributed by atoms with Crippen LogP contribution in [0.25, 0.3) is 0 Å². The number of carbonyl (C=O) groups is 2. The van der Waals surface area contributed by atoms with Crippen molar-refractivity contribution in [1.29, 1.82) is 0 Å². The van der Waals surface area contributed by atoms with Crippen LogP contribution in [-0.4, -0.2) is 25.9 Å². The van der Waals surface area contributed by atoms with Crippen LogP contribution in [0.5, 0.6) is 0 Å². The van der Waals surface area contributed by atoms with E-state index in [9.17, 15) is 9.59 Å². The molecule has 2 rings (SSSR count). The number of nitrogens with zero attached hydrogens (tertiary/aromatic N) is 1. The van der Waals surface area contributed by atoms with Gasteiger partial charge in [-0.05, 0) is 36.8 Å². The van der Waals surface area contributed by atoms with Crippen LogP contribution in [0, 0.1) is 6.92 Å². The monoisotopic (exact) mass is 297 g/mol. The number of aryl methyl sites for hydroxylation is 1. The minimum atomic E-state index is -0.356. The fourth-order valence-corrected chi connectivity index (χ4v) is 2.01. The minimum absolute atomic E-state index is 0.338. The summed E-state index contributed by atoms with van der Waals surface area (Å²) in [5, 5.41) is 0. The normalized spacial score (nSPS) is 9.95. The van der Waals surface area contributed by atoms with Gasteiger partial charge < -0.3 is 4.90 Å². The van der Waals surface area contributed by atoms with Gasteiger partial charge in [0.15, 0.2) is 0 Å². The Morgan fingerprint density at radius 3 is 2.27 bits per heavy atom. The smallest absolute Gasteiger partial charge is 0.269 e. The van der Waals surface area contributed by atoms with Gasteiger partial charge in [0.1, 0.15) is 0 Å². The van der Waals surface area contributed by atoms with Gasteiger partial charge in [-0.3, -0.25) is 20.4 Å². The van der Waals surface area contributed by atoms with E-state index in [0.717, 1.165) is 11.3 Å². The first-order chi connectivity index (χ1) is 10.5. The first-order valence-electron chi connectivity index (χ1n) is 6.92. The van der Waals surface area contributed by atoms with Crippen molar-refractivity contribution in [2.45, 2.75) is 6.92 Å². The van der Waals surface area contributed by atoms with Crippen molar-refractivity contribution in [1.82, 2.24) is 10.9 Å². The number of rotatable bonds is 3. The second kappa shape index (κ2) is 6.76. The van der Waals surface area contributed by atoms with Crippen LogP contribution >= 0.6 is 0 Å². The predicted octanol–water partition coefficient (Wildman–Crippen LogP) is 2.14. The first-order valence-corrected chi connectivity index (χ1v) is 6.92. The van der Waals surface area contributed by atoms with Gasteiger partial charge in [-0.2, -0.15) is 0 Å². The van der Waals surface area contributed by atoms with E-state index in [0.29, 0.717) is 11.1 Å². The molecule has 114 valence electrons. The van der Waals surface area contributed by atoms with Crippen LogP contribution in [0.1, 0.15) is 26.3 Å². The Labute approximate surface area is 129 Å². The molecule has 0 radical (unpaired) electrons. The second-order valence-electron chi connectivity index (χ2n) is 5.17. The quantitative estimate of drug-likeness (QED) is 0.853. The maximum Gasteiger partial charge on any atom is 0.269 e. The summed E-state index contributed by atoms with van der Waals surface area (Å²) >= 11 is 0. The number of hydrogen-bond donors (Lipinski definition) is 2. The van der Waals surface area contributed by atoms with Crippen molar-refractivity contribution in [2.75, 3.05) is 19.0 Å². The van der Waals surface area contributed by atoms with E-state index in [4.69, 9.17) is 0 Å². The highest BCUT2D eigenvalue weighted by atomic mass is 16.2. The van der Waals surface area contributed by atoms with E-state index in [2.05, 4.69) is 10.9 Å². The lowest BCUT2D eigenvalue weighted by molar-refractivity contribution is 0.0846. The second-order valence-corrected chi connectivity index (χ2v) is 5.17. The molecular formula is C17H19N3O2. The molecule has 5 nitrogen and oxygen atoms in total. The summed E-state index contributed by atoms with van der Waals surface area (Å²) in [5.41, 5.74) is 7.65. The summed E-state index contributed by atoms with van der Waals surface area (Å²) in [7, 11) is 3.80. The molecule has 0 aromatic heterocycles. The summed E-state index contributed by atoms with van der Waals surface area (Å²) in [4.78, 5) is 26.0. The molecule has 0 saturated carbocycles. The van der Waals surface area contributed by atoms with E-state index in [1.807, 2.05) is 44.1 Å². The molecule has 0 spiro atoms. The van der Waals surface area contributed by atoms with Crippen molar-refractivity contribution >= 4 is 17.5 Å². The SMILES string of the molecule is Cc1ccccc1C(=O)NNC(=O)c1cccc(N(C)C)c1. The third-order valence-corrected chi connectivity index (χ3v) is 3.30. The molecule has 0 fully saturated rings. The zero-order chi connectivity index (χ0) is 16.1. The molecule has 0 aliphatic heterocycles. The lowest BCUT2D eigenvalue weighted by atomic mass is 10.1. The summed E-state index contributed by atoms with van der Waals surface area (Å²) in [5.74, 6) is -0.694. The topological polar surface area (TPSA) is 61.4 Å². The third kappa shape index (κ3) is 3.63. The largest absolute Gasteiger partial charge is 0.378 e. The van der Waals surface area contributed by atoms with Crippen molar-refractivity contribution in [3.05, 3.63) is 65.2 Å². The average molecular weight is 297 g/mol. The molecule has 0 aliphatic carbocycles. The molecule has 2 aromatic rings. The van der Waals surface area contributed by atoms with Gasteiger partial charge in [-0.1, -0.05) is 24.3 Å². The molecule has 0 bridgehead atoms. The van der Waals surface area contributed by atoms with Crippen molar-refractivity contribution in [3.63, 3.8) is 0 Å². The van der Waals surface area contributed by atoms with Crippen molar-refractivity contribution in [2.24, 2.45) is 0 Å². The summed E-state index contributed by atoms with van der Waals surface area (Å²) in [6.07, 6.45) is 0. The molecule has 0 unspecified atom stereocenters. The van der Waals surface area contributed by atoms with Gasteiger partial charge in [0.2, 0.25) is 0 Å². The van der Waals surface area contributed by atoms with Gasteiger partial charge in [0.25, 0.3) is 11.8 Å². The highest BCUT2D eigenvalue weighted by Crippen LogP contribution is 2.13. The van der Waals surface area contributed by atoms with Gasteiger partial charge in [-0.25, -0.2) is 0 Å². The maximum atomic E-state index is 12.1. The Morgan fingerprint density at radius 2 is 1.59 bits per heavy atom. The maximum absolute atomic E-state index is 12.1. The Morgan fingerprint density at radius 1 is 0.909 bits per heavy atom. The lowest BCUT2D eigenvalue weighted by Crippen LogP contribution is -2.41. The Kier molecular flexibility index (Phi) is 4.78. The van der Waals surface area contributed by atoms with Crippen LogP contribution in [0.4, 0.5) is 5.69 Å². The molecule has 22 heavy (non-hydrogen) atoms. The molecule has 2 amide bonds. The Bertz CT molecular complexity index is 696. The summed E-state index contributed by atoms with van der Waals surface area (Å²) in [6.45, 7) is 1.84. The predicted molar refractivity (Wildman–Crippen MR) is 86.9 cm³/mol. The number of nitrogens with one attached hydrogen (secondary N) is 2. The fourth-order valence-electron chi connectivity index (χ4n) is 2.01. The molecule has 0 aliphatic rings. The number of hydrazine groups is 1. The lowest BCUT2D eigenvalue weighted by Gasteiger charge is -2.14. The minimum Gasteiger partial charge on any atom is -0.378 e. The highest BCUT2D eigenvalue weighted by Gasteiger charge is 2.11. The van der Waals surface area contributed by atoms with E-state index < -0.39 is 0 Å². The highest BCUT2D eigenvalue weighted by molar-refractivity contribution is 6.00. The van der Waals surface area contributed by atoms with Crippen LogP contribution in [0.2, 0.25) is 0 Å². The molecule has 0 saturated heterocycles. The van der Waals surface area contributed by atoms with E-state index in [1.54, 1.807) is 30.3 Å². The summed E-state index contributed by atoms with van der Waals surface area (Å²) in [6, 6.07) is 14.4. The molecule has 5 heteroatoms. The van der Waals surface area contributed by atoms with E-state index in [1.165, 1.54) is 0 Å². The third-order valence-electron chi connectivity index (χ3n) is 3.30. The molecular weight excluding hydrogens is 278 g/mol. The van der Waals surface area contributed by atoms with E-state index >= 15 is 0 Å². The number of anilines is 1. The number of benzene rings is 2. The van der Waals surface area contributed by atoms with Crippen LogP contribution in [0.15, 0.2) is 48.5 Å². The molecule has 0 heterocycles. The molecule has 0 atom stereocenters. The van der Waals surface area contributed by atoms with Crippen LogP contribution in [0.3, 0.4) is 0 Å². The fraction of sp³-hybridized carbons (Fsp3) is 0.176. The molecule has 2 N–H and O–H groups in total. The number of carbonyl (C=O) groups excluding carboxylic acids is 2. The zero-order valence-electron chi connectivity index (χ0n) is 12.9. The standard InChI is InChI=1S/C17H19N3O2/c1-12-7-4-5-10-15(12)17(22)19-18-16(21)13-8-6-9-14(11-13)20(2)3/h4-11H,1-3H3,(H,18,21)(H,19,22). The Balaban J connectivity index is 2.03. The van der Waals surface area contributed by atoms with Gasteiger partial charge in [0.05, 0.1) is 0 Å². The van der Waals surface area contributed by atoms with Crippen LogP contribution < -0.4 is 15.8 Å². The van der Waals surface area contributed by atoms with Gasteiger partial charge in [0, 0.05) is 30.9 Å². The average Bonchev–Trinajstić information content (AvgIpc) is 2.52. The summed E-state index contributed by atoms with van der Waals surface area (Å²) < 4.78 is 0. The van der Waals surface area contributed by atoms with Crippen molar-refractivity contribution in [3.8, 4) is 0 Å². The van der Waals surface area contributed by atoms with Crippen molar-refractivity contribution < 1.29 is 9.59 Å². The first kappa shape index (κ1) is 15.6. The zero-order valence-corrected chi connectivity index (χ0v) is 12.9. The van der Waals surface area contributed by atoms with Gasteiger partial charge >= 0.3 is 0 Å². The number of amides is 2.